The Kier molecular flexibility index (Phi) is 5.43. The number of alkyl carbamates (subject to hydrolysis) is 1. The van der Waals surface area contributed by atoms with Crippen LogP contribution in [0.15, 0.2) is 12.3 Å². The fraction of sp³-hybridized carbons (Fsp3) is 0.588. The lowest BCUT2D eigenvalue weighted by molar-refractivity contribution is 0.0528. The summed E-state index contributed by atoms with van der Waals surface area (Å²) in [5, 5.41) is 10.6. The monoisotopic (exact) mass is 333 g/mol. The van der Waals surface area contributed by atoms with E-state index in [-0.39, 0.29) is 6.04 Å². The van der Waals surface area contributed by atoms with Crippen LogP contribution in [0.1, 0.15) is 50.7 Å². The van der Waals surface area contributed by atoms with E-state index in [0.29, 0.717) is 13.1 Å². The van der Waals surface area contributed by atoms with Gasteiger partial charge in [0.25, 0.3) is 0 Å². The van der Waals surface area contributed by atoms with Crippen LogP contribution in [-0.2, 0) is 4.74 Å². The average Bonchev–Trinajstić information content (AvgIpc) is 2.83. The Morgan fingerprint density at radius 1 is 1.33 bits per heavy atom. The summed E-state index contributed by atoms with van der Waals surface area (Å²) < 4.78 is 7.06. The van der Waals surface area contributed by atoms with Crippen LogP contribution in [0.2, 0.25) is 0 Å². The fourth-order valence-corrected chi connectivity index (χ4v) is 2.48. The molecule has 0 aliphatic rings. The molecule has 2 heterocycles. The first-order valence-electron chi connectivity index (χ1n) is 8.19. The molecule has 1 unspecified atom stereocenters. The summed E-state index contributed by atoms with van der Waals surface area (Å²) in [5.41, 5.74) is 3.47. The predicted octanol–water partition coefficient (Wildman–Crippen LogP) is 2.52. The van der Waals surface area contributed by atoms with Crippen LogP contribution in [0.3, 0.4) is 0 Å². The van der Waals surface area contributed by atoms with Gasteiger partial charge in [0.05, 0.1) is 5.69 Å². The largest absolute Gasteiger partial charge is 0.444 e. The molecule has 24 heavy (non-hydrogen) atoms. The van der Waals surface area contributed by atoms with E-state index >= 15 is 0 Å². The highest BCUT2D eigenvalue weighted by molar-refractivity contribution is 5.67. The molecule has 0 bridgehead atoms. The molecular formula is C17H27N5O2. The van der Waals surface area contributed by atoms with Crippen LogP contribution in [0, 0.1) is 13.8 Å². The van der Waals surface area contributed by atoms with Gasteiger partial charge in [-0.2, -0.15) is 5.10 Å². The van der Waals surface area contributed by atoms with Crippen LogP contribution in [0.4, 0.5) is 4.79 Å². The molecule has 2 aromatic rings. The third-order valence-corrected chi connectivity index (χ3v) is 3.59. The van der Waals surface area contributed by atoms with Crippen molar-refractivity contribution in [2.45, 2.75) is 53.2 Å². The minimum atomic E-state index is -0.481. The van der Waals surface area contributed by atoms with E-state index < -0.39 is 11.7 Å². The molecule has 0 saturated heterocycles. The number of hydrogen-bond acceptors (Lipinski definition) is 5. The highest BCUT2D eigenvalue weighted by Gasteiger charge is 2.16. The summed E-state index contributed by atoms with van der Waals surface area (Å²) in [4.78, 5) is 16.0. The second-order valence-corrected chi connectivity index (χ2v) is 6.96. The van der Waals surface area contributed by atoms with Crippen molar-refractivity contribution >= 4 is 11.7 Å². The zero-order valence-corrected chi connectivity index (χ0v) is 15.3. The maximum Gasteiger partial charge on any atom is 0.407 e. The van der Waals surface area contributed by atoms with Crippen molar-refractivity contribution in [3.8, 4) is 0 Å². The van der Waals surface area contributed by atoms with Gasteiger partial charge in [-0.05, 0) is 41.5 Å². The minimum Gasteiger partial charge on any atom is -0.444 e. The number of nitrogens with zero attached hydrogens (tertiary/aromatic N) is 3. The van der Waals surface area contributed by atoms with Crippen molar-refractivity contribution in [2.24, 2.45) is 0 Å². The van der Waals surface area contributed by atoms with Gasteiger partial charge in [0.2, 0.25) is 0 Å². The molecule has 1 atom stereocenters. The normalized spacial score (nSPS) is 13.1. The van der Waals surface area contributed by atoms with Crippen molar-refractivity contribution in [2.75, 3.05) is 13.1 Å². The number of nitrogens with one attached hydrogen (secondary N) is 2. The molecule has 2 N–H and O–H groups in total. The standard InChI is InChI=1S/C17H27N5O2/c1-11-9-15-20-10-14(13(3)22(15)21-11)12(2)18-7-8-19-16(23)24-17(4,5)6/h9-10,12,18H,7-8H2,1-6H3,(H,19,23). The lowest BCUT2D eigenvalue weighted by Gasteiger charge is -2.20. The number of aromatic nitrogens is 3. The fourth-order valence-electron chi connectivity index (χ4n) is 2.48. The number of hydrogen-bond donors (Lipinski definition) is 2. The lowest BCUT2D eigenvalue weighted by Crippen LogP contribution is -2.37. The molecule has 2 rings (SSSR count). The van der Waals surface area contributed by atoms with E-state index in [9.17, 15) is 4.79 Å². The van der Waals surface area contributed by atoms with Crippen LogP contribution in [0.25, 0.3) is 5.65 Å². The minimum absolute atomic E-state index is 0.104. The highest BCUT2D eigenvalue weighted by Crippen LogP contribution is 2.17. The van der Waals surface area contributed by atoms with Crippen molar-refractivity contribution in [3.63, 3.8) is 0 Å². The number of aryl methyl sites for hydroxylation is 2. The molecular weight excluding hydrogens is 306 g/mol. The maximum atomic E-state index is 11.6. The summed E-state index contributed by atoms with van der Waals surface area (Å²) in [6.45, 7) is 12.7. The van der Waals surface area contributed by atoms with E-state index in [1.807, 2.05) is 51.4 Å². The van der Waals surface area contributed by atoms with Gasteiger partial charge >= 0.3 is 6.09 Å². The summed E-state index contributed by atoms with van der Waals surface area (Å²) in [5.74, 6) is 0. The molecule has 0 aromatic carbocycles. The molecule has 0 fully saturated rings. The van der Waals surface area contributed by atoms with Crippen molar-refractivity contribution in [1.29, 1.82) is 0 Å². The van der Waals surface area contributed by atoms with Gasteiger partial charge in [-0.25, -0.2) is 14.3 Å². The van der Waals surface area contributed by atoms with E-state index in [1.165, 1.54) is 0 Å². The number of fused-ring (bicyclic) bond motifs is 1. The topological polar surface area (TPSA) is 80.5 Å². The maximum absolute atomic E-state index is 11.6. The number of carbonyl (C=O) groups is 1. The van der Waals surface area contributed by atoms with E-state index in [4.69, 9.17) is 4.74 Å². The Morgan fingerprint density at radius 3 is 2.71 bits per heavy atom. The van der Waals surface area contributed by atoms with Gasteiger partial charge < -0.3 is 15.4 Å². The lowest BCUT2D eigenvalue weighted by atomic mass is 10.1. The Morgan fingerprint density at radius 2 is 2.04 bits per heavy atom. The van der Waals surface area contributed by atoms with Crippen molar-refractivity contribution < 1.29 is 9.53 Å². The first-order valence-corrected chi connectivity index (χ1v) is 8.19. The zero-order chi connectivity index (χ0) is 17.9. The number of carbonyl (C=O) groups excluding carboxylic acids is 1. The third kappa shape index (κ3) is 4.67. The molecule has 1 amide bonds. The molecule has 7 nitrogen and oxygen atoms in total. The van der Waals surface area contributed by atoms with Gasteiger partial charge in [0, 0.05) is 42.7 Å². The predicted molar refractivity (Wildman–Crippen MR) is 93.1 cm³/mol. The number of ether oxygens (including phenoxy) is 1. The van der Waals surface area contributed by atoms with Crippen molar-refractivity contribution in [3.05, 3.63) is 29.2 Å². The molecule has 0 spiro atoms. The van der Waals surface area contributed by atoms with Gasteiger partial charge in [-0.15, -0.1) is 0 Å². The molecule has 0 aliphatic carbocycles. The van der Waals surface area contributed by atoms with Gasteiger partial charge in [-0.1, -0.05) is 0 Å². The molecule has 0 saturated carbocycles. The summed E-state index contributed by atoms with van der Waals surface area (Å²) in [6, 6.07) is 2.06. The van der Waals surface area contributed by atoms with Crippen LogP contribution in [-0.4, -0.2) is 39.4 Å². The molecule has 132 valence electrons. The van der Waals surface area contributed by atoms with Crippen LogP contribution < -0.4 is 10.6 Å². The second kappa shape index (κ2) is 7.17. The zero-order valence-electron chi connectivity index (χ0n) is 15.3. The quantitative estimate of drug-likeness (QED) is 0.822. The summed E-state index contributed by atoms with van der Waals surface area (Å²) in [7, 11) is 0. The van der Waals surface area contributed by atoms with Gasteiger partial charge in [-0.3, -0.25) is 0 Å². The molecule has 0 radical (unpaired) electrons. The second-order valence-electron chi connectivity index (χ2n) is 6.96. The summed E-state index contributed by atoms with van der Waals surface area (Å²) >= 11 is 0. The van der Waals surface area contributed by atoms with E-state index in [0.717, 1.165) is 22.6 Å². The van der Waals surface area contributed by atoms with Crippen molar-refractivity contribution in [1.82, 2.24) is 25.2 Å². The molecule has 0 aliphatic heterocycles. The first kappa shape index (κ1) is 18.2. The summed E-state index contributed by atoms with van der Waals surface area (Å²) in [6.07, 6.45) is 1.48. The Bertz CT molecular complexity index is 718. The van der Waals surface area contributed by atoms with Gasteiger partial charge in [0.1, 0.15) is 5.60 Å². The Balaban J connectivity index is 1.88. The Labute approximate surface area is 142 Å². The first-order chi connectivity index (χ1) is 11.2. The molecule has 7 heteroatoms. The highest BCUT2D eigenvalue weighted by atomic mass is 16.6. The van der Waals surface area contributed by atoms with E-state index in [1.54, 1.807) is 0 Å². The van der Waals surface area contributed by atoms with Gasteiger partial charge in [0.15, 0.2) is 5.65 Å². The van der Waals surface area contributed by atoms with E-state index in [2.05, 4.69) is 27.6 Å². The number of amides is 1. The molecule has 2 aromatic heterocycles. The SMILES string of the molecule is Cc1cc2ncc(C(C)NCCNC(=O)OC(C)(C)C)c(C)n2n1. The third-order valence-electron chi connectivity index (χ3n) is 3.59. The van der Waals surface area contributed by atoms with Crippen LogP contribution >= 0.6 is 0 Å². The van der Waals surface area contributed by atoms with Crippen LogP contribution in [0.5, 0.6) is 0 Å². The number of rotatable bonds is 5. The Hall–Kier alpha value is -2.15. The smallest absolute Gasteiger partial charge is 0.407 e. The average molecular weight is 333 g/mol.